The Hall–Kier alpha value is -0.120. The van der Waals surface area contributed by atoms with Gasteiger partial charge in [-0.15, -0.1) is 0 Å². The van der Waals surface area contributed by atoms with Crippen LogP contribution in [0.25, 0.3) is 0 Å². The van der Waals surface area contributed by atoms with E-state index in [1.54, 1.807) is 7.11 Å². The van der Waals surface area contributed by atoms with Crippen molar-refractivity contribution in [3.8, 4) is 0 Å². The third kappa shape index (κ3) is 4.40. The third-order valence-corrected chi connectivity index (χ3v) is 3.62. The van der Waals surface area contributed by atoms with E-state index in [4.69, 9.17) is 4.74 Å². The van der Waals surface area contributed by atoms with E-state index in [2.05, 4.69) is 24.2 Å². The van der Waals surface area contributed by atoms with Gasteiger partial charge in [0.1, 0.15) is 0 Å². The van der Waals surface area contributed by atoms with E-state index in [-0.39, 0.29) is 0 Å². The molecule has 1 rings (SSSR count). The second-order valence-corrected chi connectivity index (χ2v) is 4.84. The summed E-state index contributed by atoms with van der Waals surface area (Å²) in [5.41, 5.74) is 0. The second-order valence-electron chi connectivity index (χ2n) is 4.84. The number of rotatable bonds is 7. The summed E-state index contributed by atoms with van der Waals surface area (Å²) in [4.78, 5) is 2.52. The van der Waals surface area contributed by atoms with Gasteiger partial charge in [-0.1, -0.05) is 19.8 Å². The van der Waals surface area contributed by atoms with Crippen molar-refractivity contribution in [3.05, 3.63) is 0 Å². The van der Waals surface area contributed by atoms with Gasteiger partial charge in [0.25, 0.3) is 0 Å². The Morgan fingerprint density at radius 2 is 2.06 bits per heavy atom. The van der Waals surface area contributed by atoms with Gasteiger partial charge in [-0.05, 0) is 32.9 Å². The molecular weight excluding hydrogens is 200 g/mol. The number of methoxy groups -OCH3 is 1. The highest BCUT2D eigenvalue weighted by Crippen LogP contribution is 2.22. The largest absolute Gasteiger partial charge is 0.385 e. The predicted molar refractivity (Wildman–Crippen MR) is 68.8 cm³/mol. The van der Waals surface area contributed by atoms with Gasteiger partial charge in [0, 0.05) is 32.3 Å². The van der Waals surface area contributed by atoms with Crippen molar-refractivity contribution in [2.24, 2.45) is 0 Å². The standard InChI is InChI=1S/C13H28N2O/c1-4-14-12-8-5-6-9-13(12)15(2)10-7-11-16-3/h12-14H,4-11H2,1-3H3. The lowest BCUT2D eigenvalue weighted by Crippen LogP contribution is -2.50. The summed E-state index contributed by atoms with van der Waals surface area (Å²) < 4.78 is 5.11. The summed E-state index contributed by atoms with van der Waals surface area (Å²) in [6.45, 7) is 5.33. The highest BCUT2D eigenvalue weighted by atomic mass is 16.5. The molecule has 0 aromatic heterocycles. The first kappa shape index (κ1) is 13.9. The Bertz CT molecular complexity index is 173. The van der Waals surface area contributed by atoms with Crippen molar-refractivity contribution < 1.29 is 4.74 Å². The molecule has 0 heterocycles. The molecule has 2 atom stereocenters. The van der Waals surface area contributed by atoms with E-state index in [0.717, 1.165) is 32.2 Å². The number of nitrogens with zero attached hydrogens (tertiary/aromatic N) is 1. The van der Waals surface area contributed by atoms with Crippen LogP contribution >= 0.6 is 0 Å². The van der Waals surface area contributed by atoms with Crippen LogP contribution < -0.4 is 5.32 Å². The topological polar surface area (TPSA) is 24.5 Å². The first-order valence-electron chi connectivity index (χ1n) is 6.72. The molecule has 0 amide bonds. The Morgan fingerprint density at radius 3 is 2.75 bits per heavy atom. The van der Waals surface area contributed by atoms with Gasteiger partial charge in [-0.25, -0.2) is 0 Å². The summed E-state index contributed by atoms with van der Waals surface area (Å²) in [5, 5.41) is 3.63. The van der Waals surface area contributed by atoms with Crippen molar-refractivity contribution >= 4 is 0 Å². The molecule has 0 aromatic rings. The van der Waals surface area contributed by atoms with E-state index in [1.165, 1.54) is 25.7 Å². The van der Waals surface area contributed by atoms with E-state index < -0.39 is 0 Å². The van der Waals surface area contributed by atoms with Crippen molar-refractivity contribution in [3.63, 3.8) is 0 Å². The van der Waals surface area contributed by atoms with E-state index in [9.17, 15) is 0 Å². The summed E-state index contributed by atoms with van der Waals surface area (Å²) in [6, 6.07) is 1.43. The maximum Gasteiger partial charge on any atom is 0.0474 e. The first-order valence-corrected chi connectivity index (χ1v) is 6.72. The quantitative estimate of drug-likeness (QED) is 0.673. The number of nitrogens with one attached hydrogen (secondary N) is 1. The second kappa shape index (κ2) is 8.04. The fraction of sp³-hybridized carbons (Fsp3) is 1.00. The van der Waals surface area contributed by atoms with Gasteiger partial charge < -0.3 is 15.0 Å². The highest BCUT2D eigenvalue weighted by Gasteiger charge is 2.26. The van der Waals surface area contributed by atoms with Gasteiger partial charge in [0.2, 0.25) is 0 Å². The van der Waals surface area contributed by atoms with Crippen LogP contribution in [0.15, 0.2) is 0 Å². The molecule has 3 heteroatoms. The lowest BCUT2D eigenvalue weighted by Gasteiger charge is -2.38. The average molecular weight is 228 g/mol. The van der Waals surface area contributed by atoms with Crippen LogP contribution in [0.4, 0.5) is 0 Å². The zero-order valence-corrected chi connectivity index (χ0v) is 11.2. The number of hydrogen-bond donors (Lipinski definition) is 1. The molecule has 1 N–H and O–H groups in total. The van der Waals surface area contributed by atoms with Gasteiger partial charge in [-0.2, -0.15) is 0 Å². The first-order chi connectivity index (χ1) is 7.79. The number of hydrogen-bond acceptors (Lipinski definition) is 3. The fourth-order valence-electron chi connectivity index (χ4n) is 2.76. The van der Waals surface area contributed by atoms with Crippen LogP contribution in [0.5, 0.6) is 0 Å². The Kier molecular flexibility index (Phi) is 7.01. The third-order valence-electron chi connectivity index (χ3n) is 3.62. The monoisotopic (exact) mass is 228 g/mol. The molecule has 0 saturated heterocycles. The molecule has 96 valence electrons. The van der Waals surface area contributed by atoms with E-state index in [0.29, 0.717) is 6.04 Å². The SMILES string of the molecule is CCNC1CCCCC1N(C)CCCOC. The molecule has 1 saturated carbocycles. The van der Waals surface area contributed by atoms with Crippen LogP contribution in [0.3, 0.4) is 0 Å². The highest BCUT2D eigenvalue weighted by molar-refractivity contribution is 4.86. The molecule has 0 radical (unpaired) electrons. The maximum absolute atomic E-state index is 5.11. The Morgan fingerprint density at radius 1 is 1.31 bits per heavy atom. The van der Waals surface area contributed by atoms with Crippen molar-refractivity contribution in [2.45, 2.75) is 51.1 Å². The summed E-state index contributed by atoms with van der Waals surface area (Å²) in [5.74, 6) is 0. The lowest BCUT2D eigenvalue weighted by atomic mass is 9.89. The molecule has 0 aromatic carbocycles. The lowest BCUT2D eigenvalue weighted by molar-refractivity contribution is 0.128. The van der Waals surface area contributed by atoms with Gasteiger partial charge >= 0.3 is 0 Å². The zero-order chi connectivity index (χ0) is 11.8. The molecule has 2 unspecified atom stereocenters. The molecule has 0 bridgehead atoms. The van der Waals surface area contributed by atoms with Crippen LogP contribution in [0.2, 0.25) is 0 Å². The van der Waals surface area contributed by atoms with Gasteiger partial charge in [0.05, 0.1) is 0 Å². The van der Waals surface area contributed by atoms with Crippen molar-refractivity contribution in [1.29, 1.82) is 0 Å². The summed E-state index contributed by atoms with van der Waals surface area (Å²) >= 11 is 0. The smallest absolute Gasteiger partial charge is 0.0474 e. The Labute approximate surface area is 101 Å². The summed E-state index contributed by atoms with van der Waals surface area (Å²) in [7, 11) is 4.04. The minimum absolute atomic E-state index is 0.700. The normalized spacial score (nSPS) is 26.2. The molecule has 1 aliphatic carbocycles. The maximum atomic E-state index is 5.11. The molecule has 1 aliphatic rings. The molecule has 16 heavy (non-hydrogen) atoms. The molecule has 1 fully saturated rings. The molecule has 3 nitrogen and oxygen atoms in total. The van der Waals surface area contributed by atoms with Crippen molar-refractivity contribution in [1.82, 2.24) is 10.2 Å². The van der Waals surface area contributed by atoms with Crippen LogP contribution in [0.1, 0.15) is 39.0 Å². The van der Waals surface area contributed by atoms with Crippen molar-refractivity contribution in [2.75, 3.05) is 33.9 Å². The predicted octanol–water partition coefficient (Wildman–Crippen LogP) is 1.88. The summed E-state index contributed by atoms with van der Waals surface area (Å²) in [6.07, 6.45) is 6.61. The molecule has 0 aliphatic heterocycles. The fourth-order valence-corrected chi connectivity index (χ4v) is 2.76. The van der Waals surface area contributed by atoms with E-state index in [1.807, 2.05) is 0 Å². The number of likely N-dealkylation sites (N-methyl/N-ethyl adjacent to an activating group) is 2. The van der Waals surface area contributed by atoms with Gasteiger partial charge in [0.15, 0.2) is 0 Å². The molecule has 0 spiro atoms. The number of ether oxygens (including phenoxy) is 1. The van der Waals surface area contributed by atoms with Crippen LogP contribution in [-0.4, -0.2) is 50.8 Å². The van der Waals surface area contributed by atoms with E-state index >= 15 is 0 Å². The average Bonchev–Trinajstić information content (AvgIpc) is 2.30. The molecular formula is C13H28N2O. The van der Waals surface area contributed by atoms with Gasteiger partial charge in [-0.3, -0.25) is 0 Å². The van der Waals surface area contributed by atoms with Crippen LogP contribution in [-0.2, 0) is 4.74 Å². The van der Waals surface area contributed by atoms with Crippen LogP contribution in [0, 0.1) is 0 Å². The zero-order valence-electron chi connectivity index (χ0n) is 11.2. The Balaban J connectivity index is 2.34. The minimum atomic E-state index is 0.700. The minimum Gasteiger partial charge on any atom is -0.385 e.